The summed E-state index contributed by atoms with van der Waals surface area (Å²) >= 11 is 8.90. The molecule has 29 heavy (non-hydrogen) atoms. The summed E-state index contributed by atoms with van der Waals surface area (Å²) in [5, 5.41) is 10.9. The number of thioether (sulfide) groups is 1. The predicted octanol–water partition coefficient (Wildman–Crippen LogP) is 4.60. The van der Waals surface area contributed by atoms with Crippen molar-refractivity contribution in [2.45, 2.75) is 24.1 Å². The molecule has 148 valence electrons. The summed E-state index contributed by atoms with van der Waals surface area (Å²) in [5.74, 6) is 1.37. The summed E-state index contributed by atoms with van der Waals surface area (Å²) in [5.41, 5.74) is 1.76. The monoisotopic (exact) mass is 444 g/mol. The first-order valence-corrected chi connectivity index (χ1v) is 11.1. The van der Waals surface area contributed by atoms with Crippen LogP contribution in [0.4, 0.5) is 0 Å². The molecule has 0 amide bonds. The highest BCUT2D eigenvalue weighted by molar-refractivity contribution is 7.98. The van der Waals surface area contributed by atoms with Gasteiger partial charge in [0.1, 0.15) is 17.4 Å². The molecule has 0 fully saturated rings. The lowest BCUT2D eigenvalue weighted by molar-refractivity contribution is 0.305. The van der Waals surface area contributed by atoms with Crippen LogP contribution >= 0.6 is 34.7 Å². The summed E-state index contributed by atoms with van der Waals surface area (Å²) < 4.78 is 7.37. The van der Waals surface area contributed by atoms with Crippen LogP contribution < -0.4 is 10.4 Å². The lowest BCUT2D eigenvalue weighted by atomic mass is 10.2. The van der Waals surface area contributed by atoms with E-state index in [9.17, 15) is 4.79 Å². The van der Waals surface area contributed by atoms with Gasteiger partial charge in [0.15, 0.2) is 5.16 Å². The van der Waals surface area contributed by atoms with Gasteiger partial charge in [-0.1, -0.05) is 53.7 Å². The van der Waals surface area contributed by atoms with Crippen molar-refractivity contribution in [3.63, 3.8) is 0 Å². The van der Waals surface area contributed by atoms with Crippen LogP contribution in [0.1, 0.15) is 16.3 Å². The summed E-state index contributed by atoms with van der Waals surface area (Å²) in [6, 6.07) is 17.1. The van der Waals surface area contributed by atoms with Gasteiger partial charge in [-0.15, -0.1) is 16.4 Å². The quantitative estimate of drug-likeness (QED) is 0.402. The number of hydrogen-bond donors (Lipinski definition) is 1. The minimum atomic E-state index is -0.216. The SMILES string of the molecule is O=c1[nH]nc(SCc2csc(COc3ccc(Cl)cc3)n2)n1Cc1ccccc1. The van der Waals surface area contributed by atoms with Gasteiger partial charge in [-0.05, 0) is 29.8 Å². The fraction of sp³-hybridized carbons (Fsp3) is 0.150. The molecule has 2 aromatic heterocycles. The average molecular weight is 445 g/mol. The Balaban J connectivity index is 1.35. The van der Waals surface area contributed by atoms with Crippen molar-refractivity contribution < 1.29 is 4.74 Å². The fourth-order valence-corrected chi connectivity index (χ4v) is 4.39. The minimum Gasteiger partial charge on any atom is -0.486 e. The van der Waals surface area contributed by atoms with Gasteiger partial charge in [0.05, 0.1) is 12.2 Å². The number of thiazole rings is 1. The van der Waals surface area contributed by atoms with Gasteiger partial charge in [0.2, 0.25) is 0 Å². The molecule has 9 heteroatoms. The van der Waals surface area contributed by atoms with Gasteiger partial charge in [-0.2, -0.15) is 0 Å². The van der Waals surface area contributed by atoms with Crippen LogP contribution in [-0.4, -0.2) is 19.7 Å². The molecule has 0 unspecified atom stereocenters. The first-order valence-electron chi connectivity index (χ1n) is 8.81. The van der Waals surface area contributed by atoms with E-state index in [1.807, 2.05) is 47.8 Å². The van der Waals surface area contributed by atoms with Gasteiger partial charge < -0.3 is 4.74 Å². The summed E-state index contributed by atoms with van der Waals surface area (Å²) in [6.07, 6.45) is 0. The van der Waals surface area contributed by atoms with Crippen LogP contribution in [0.15, 0.2) is 69.9 Å². The Bertz CT molecular complexity index is 1120. The van der Waals surface area contributed by atoms with E-state index in [-0.39, 0.29) is 5.69 Å². The number of aromatic nitrogens is 4. The van der Waals surface area contributed by atoms with Crippen molar-refractivity contribution >= 4 is 34.7 Å². The molecule has 4 aromatic rings. The number of nitrogens with one attached hydrogen (secondary N) is 1. The Kier molecular flexibility index (Phi) is 6.33. The third-order valence-corrected chi connectivity index (χ3v) is 6.16. The topological polar surface area (TPSA) is 72.8 Å². The third kappa shape index (κ3) is 5.29. The standard InChI is InChI=1S/C20H17ClN4O2S2/c21-15-6-8-17(9-7-15)27-11-18-22-16(12-28-18)13-29-20-24-23-19(26)25(20)10-14-4-2-1-3-5-14/h1-9,12H,10-11,13H2,(H,23,26). The van der Waals surface area contributed by atoms with E-state index < -0.39 is 0 Å². The van der Waals surface area contributed by atoms with E-state index in [1.54, 1.807) is 28.0 Å². The number of ether oxygens (including phenoxy) is 1. The molecule has 1 N–H and O–H groups in total. The molecule has 0 saturated carbocycles. The Morgan fingerprint density at radius 3 is 2.72 bits per heavy atom. The second kappa shape index (κ2) is 9.30. The molecule has 0 radical (unpaired) electrons. The number of hydrogen-bond acceptors (Lipinski definition) is 6. The zero-order valence-corrected chi connectivity index (χ0v) is 17.6. The number of nitrogens with zero attached hydrogens (tertiary/aromatic N) is 3. The van der Waals surface area contributed by atoms with Crippen molar-refractivity contribution in [2.24, 2.45) is 0 Å². The van der Waals surface area contributed by atoms with Gasteiger partial charge in [-0.25, -0.2) is 14.9 Å². The Labute approximate surface area is 180 Å². The molecule has 0 aliphatic carbocycles. The maximum absolute atomic E-state index is 12.1. The number of aromatic amines is 1. The zero-order chi connectivity index (χ0) is 20.1. The fourth-order valence-electron chi connectivity index (χ4n) is 2.61. The molecule has 0 saturated heterocycles. The van der Waals surface area contributed by atoms with Crippen molar-refractivity contribution in [1.29, 1.82) is 0 Å². The maximum atomic E-state index is 12.1. The summed E-state index contributed by atoms with van der Waals surface area (Å²) in [4.78, 5) is 16.7. The van der Waals surface area contributed by atoms with Crippen LogP contribution in [0, 0.1) is 0 Å². The Morgan fingerprint density at radius 2 is 1.93 bits per heavy atom. The molecule has 0 atom stereocenters. The molecule has 4 rings (SSSR count). The van der Waals surface area contributed by atoms with Crippen molar-refractivity contribution in [3.05, 3.63) is 91.7 Å². The van der Waals surface area contributed by atoms with Crippen LogP contribution in [0.3, 0.4) is 0 Å². The lowest BCUT2D eigenvalue weighted by Crippen LogP contribution is -2.18. The summed E-state index contributed by atoms with van der Waals surface area (Å²) in [7, 11) is 0. The molecule has 6 nitrogen and oxygen atoms in total. The second-order valence-electron chi connectivity index (χ2n) is 6.15. The largest absolute Gasteiger partial charge is 0.486 e. The van der Waals surface area contributed by atoms with Gasteiger partial charge >= 0.3 is 5.69 Å². The van der Waals surface area contributed by atoms with Crippen LogP contribution in [-0.2, 0) is 18.9 Å². The molecule has 0 aliphatic heterocycles. The van der Waals surface area contributed by atoms with Crippen LogP contribution in [0.2, 0.25) is 5.02 Å². The zero-order valence-electron chi connectivity index (χ0n) is 15.2. The van der Waals surface area contributed by atoms with Gasteiger partial charge in [0.25, 0.3) is 0 Å². The number of rotatable bonds is 8. The Hall–Kier alpha value is -2.55. The van der Waals surface area contributed by atoms with E-state index in [4.69, 9.17) is 16.3 Å². The third-order valence-electron chi connectivity index (χ3n) is 4.03. The number of halogens is 1. The number of H-pyrrole nitrogens is 1. The molecule has 0 spiro atoms. The molecule has 2 aromatic carbocycles. The number of benzene rings is 2. The first kappa shape index (κ1) is 19.8. The first-order chi connectivity index (χ1) is 14.2. The Morgan fingerprint density at radius 1 is 1.14 bits per heavy atom. The van der Waals surface area contributed by atoms with E-state index >= 15 is 0 Å². The van der Waals surface area contributed by atoms with Gasteiger partial charge in [0, 0.05) is 16.2 Å². The highest BCUT2D eigenvalue weighted by atomic mass is 35.5. The van der Waals surface area contributed by atoms with E-state index in [0.717, 1.165) is 22.0 Å². The molecular formula is C20H17ClN4O2S2. The maximum Gasteiger partial charge on any atom is 0.344 e. The highest BCUT2D eigenvalue weighted by Gasteiger charge is 2.11. The summed E-state index contributed by atoms with van der Waals surface area (Å²) in [6.45, 7) is 0.883. The van der Waals surface area contributed by atoms with Crippen molar-refractivity contribution in [1.82, 2.24) is 19.7 Å². The van der Waals surface area contributed by atoms with Crippen LogP contribution in [0.5, 0.6) is 5.75 Å². The second-order valence-corrected chi connectivity index (χ2v) is 8.47. The predicted molar refractivity (Wildman–Crippen MR) is 116 cm³/mol. The van der Waals surface area contributed by atoms with E-state index in [2.05, 4.69) is 15.2 Å². The molecule has 0 aliphatic rings. The molecule has 0 bridgehead atoms. The van der Waals surface area contributed by atoms with Crippen molar-refractivity contribution in [3.8, 4) is 5.75 Å². The highest BCUT2D eigenvalue weighted by Crippen LogP contribution is 2.23. The van der Waals surface area contributed by atoms with Crippen LogP contribution in [0.25, 0.3) is 0 Å². The normalized spacial score (nSPS) is 10.9. The van der Waals surface area contributed by atoms with E-state index in [1.165, 1.54) is 11.8 Å². The van der Waals surface area contributed by atoms with Crippen molar-refractivity contribution in [2.75, 3.05) is 0 Å². The van der Waals surface area contributed by atoms with E-state index in [0.29, 0.717) is 29.1 Å². The van der Waals surface area contributed by atoms with Gasteiger partial charge in [-0.3, -0.25) is 4.57 Å². The molecule has 2 heterocycles. The average Bonchev–Trinajstić information content (AvgIpc) is 3.34. The lowest BCUT2D eigenvalue weighted by Gasteiger charge is -2.05. The minimum absolute atomic E-state index is 0.216. The molecular weight excluding hydrogens is 428 g/mol. The smallest absolute Gasteiger partial charge is 0.344 e.